The standard InChI is InChI=1S/C20H26N2O4S/c1-20(2,3)8-17(23)22-12-27-11-16(22)18(24)21-9-13-6-4-5-7-14(13)15(10-21)19(25)26/h4-7,15-16H,8-12H2,1-3H3,(H,25,26). The van der Waals surface area contributed by atoms with Crippen LogP contribution < -0.4 is 0 Å². The highest BCUT2D eigenvalue weighted by Crippen LogP contribution is 2.32. The van der Waals surface area contributed by atoms with Crippen LogP contribution in [-0.4, -0.2) is 56.9 Å². The van der Waals surface area contributed by atoms with Crippen LogP contribution in [0.1, 0.15) is 44.2 Å². The second kappa shape index (κ2) is 7.54. The van der Waals surface area contributed by atoms with Crippen LogP contribution >= 0.6 is 11.8 Å². The highest BCUT2D eigenvalue weighted by atomic mass is 32.2. The van der Waals surface area contributed by atoms with E-state index in [9.17, 15) is 19.5 Å². The molecule has 6 nitrogen and oxygen atoms in total. The molecule has 7 heteroatoms. The van der Waals surface area contributed by atoms with Gasteiger partial charge in [0.15, 0.2) is 0 Å². The molecular weight excluding hydrogens is 364 g/mol. The van der Waals surface area contributed by atoms with Gasteiger partial charge in [-0.2, -0.15) is 0 Å². The van der Waals surface area contributed by atoms with Crippen molar-refractivity contribution in [2.75, 3.05) is 18.2 Å². The summed E-state index contributed by atoms with van der Waals surface area (Å²) in [6.07, 6.45) is 0.387. The normalized spacial score (nSPS) is 22.5. The van der Waals surface area contributed by atoms with E-state index >= 15 is 0 Å². The first-order valence-corrected chi connectivity index (χ1v) is 10.3. The van der Waals surface area contributed by atoms with Gasteiger partial charge in [0, 0.05) is 25.3 Å². The summed E-state index contributed by atoms with van der Waals surface area (Å²) >= 11 is 1.57. The fourth-order valence-electron chi connectivity index (χ4n) is 3.65. The number of hydrogen-bond acceptors (Lipinski definition) is 4. The Hall–Kier alpha value is -2.02. The number of carboxylic acids is 1. The highest BCUT2D eigenvalue weighted by molar-refractivity contribution is 7.99. The Morgan fingerprint density at radius 2 is 1.93 bits per heavy atom. The van der Waals surface area contributed by atoms with Gasteiger partial charge in [0.1, 0.15) is 6.04 Å². The molecule has 1 saturated heterocycles. The Balaban J connectivity index is 1.79. The number of benzene rings is 1. The van der Waals surface area contributed by atoms with Crippen molar-refractivity contribution in [3.05, 3.63) is 35.4 Å². The zero-order valence-electron chi connectivity index (χ0n) is 16.0. The molecule has 0 saturated carbocycles. The van der Waals surface area contributed by atoms with Crippen molar-refractivity contribution in [2.24, 2.45) is 5.41 Å². The molecule has 2 heterocycles. The summed E-state index contributed by atoms with van der Waals surface area (Å²) in [5.41, 5.74) is 1.49. The van der Waals surface area contributed by atoms with Crippen LogP contribution in [-0.2, 0) is 20.9 Å². The second-order valence-electron chi connectivity index (χ2n) is 8.43. The molecule has 2 atom stereocenters. The molecule has 0 bridgehead atoms. The topological polar surface area (TPSA) is 77.9 Å². The third kappa shape index (κ3) is 4.29. The smallest absolute Gasteiger partial charge is 0.312 e. The molecule has 146 valence electrons. The van der Waals surface area contributed by atoms with Crippen molar-refractivity contribution in [1.82, 2.24) is 9.80 Å². The Bertz CT molecular complexity index is 759. The number of thioether (sulfide) groups is 1. The van der Waals surface area contributed by atoms with E-state index in [1.54, 1.807) is 21.6 Å². The molecule has 27 heavy (non-hydrogen) atoms. The monoisotopic (exact) mass is 390 g/mol. The summed E-state index contributed by atoms with van der Waals surface area (Å²) in [5.74, 6) is -0.753. The summed E-state index contributed by atoms with van der Waals surface area (Å²) in [6.45, 7) is 6.55. The number of nitrogens with zero attached hydrogens (tertiary/aromatic N) is 2. The van der Waals surface area contributed by atoms with Crippen LogP contribution in [0.25, 0.3) is 0 Å². The minimum Gasteiger partial charge on any atom is -0.481 e. The van der Waals surface area contributed by atoms with Crippen LogP contribution in [0.5, 0.6) is 0 Å². The second-order valence-corrected chi connectivity index (χ2v) is 9.42. The molecule has 0 aromatic heterocycles. The Kier molecular flexibility index (Phi) is 5.51. The lowest BCUT2D eigenvalue weighted by molar-refractivity contribution is -0.147. The third-order valence-corrected chi connectivity index (χ3v) is 5.99. The van der Waals surface area contributed by atoms with Crippen molar-refractivity contribution < 1.29 is 19.5 Å². The Morgan fingerprint density at radius 1 is 1.22 bits per heavy atom. The van der Waals surface area contributed by atoms with Gasteiger partial charge in [-0.15, -0.1) is 11.8 Å². The summed E-state index contributed by atoms with van der Waals surface area (Å²) in [5, 5.41) is 9.61. The first-order valence-electron chi connectivity index (χ1n) is 9.14. The fraction of sp³-hybridized carbons (Fsp3) is 0.550. The maximum Gasteiger partial charge on any atom is 0.312 e. The van der Waals surface area contributed by atoms with E-state index in [4.69, 9.17) is 0 Å². The zero-order valence-corrected chi connectivity index (χ0v) is 16.8. The molecule has 3 rings (SSSR count). The van der Waals surface area contributed by atoms with Gasteiger partial charge in [-0.1, -0.05) is 45.0 Å². The lowest BCUT2D eigenvalue weighted by Gasteiger charge is -2.36. The van der Waals surface area contributed by atoms with Crippen molar-refractivity contribution >= 4 is 29.5 Å². The summed E-state index contributed by atoms with van der Waals surface area (Å²) < 4.78 is 0. The van der Waals surface area contributed by atoms with E-state index in [2.05, 4.69) is 0 Å². The average molecular weight is 391 g/mol. The molecular formula is C20H26N2O4S. The number of hydrogen-bond donors (Lipinski definition) is 1. The molecule has 2 unspecified atom stereocenters. The number of carboxylic acid groups (broad SMARTS) is 1. The zero-order chi connectivity index (χ0) is 19.8. The van der Waals surface area contributed by atoms with E-state index in [-0.39, 0.29) is 23.8 Å². The van der Waals surface area contributed by atoms with Gasteiger partial charge in [0.25, 0.3) is 0 Å². The SMILES string of the molecule is CC(C)(C)CC(=O)N1CSCC1C(=O)N1Cc2ccccc2C(C(=O)O)C1. The summed E-state index contributed by atoms with van der Waals surface area (Å²) in [4.78, 5) is 40.9. The molecule has 2 aliphatic rings. The van der Waals surface area contributed by atoms with Gasteiger partial charge in [-0.25, -0.2) is 0 Å². The van der Waals surface area contributed by atoms with Gasteiger partial charge in [-0.05, 0) is 16.5 Å². The lowest BCUT2D eigenvalue weighted by atomic mass is 9.89. The van der Waals surface area contributed by atoms with Crippen LogP contribution in [0.4, 0.5) is 0 Å². The number of aliphatic carboxylic acids is 1. The predicted octanol–water partition coefficient (Wildman–Crippen LogP) is 2.53. The number of carbonyl (C=O) groups is 3. The van der Waals surface area contributed by atoms with Crippen molar-refractivity contribution in [3.8, 4) is 0 Å². The molecule has 1 aromatic rings. The van der Waals surface area contributed by atoms with E-state index in [1.807, 2.05) is 45.0 Å². The number of rotatable bonds is 3. The molecule has 1 N–H and O–H groups in total. The lowest BCUT2D eigenvalue weighted by Crippen LogP contribution is -2.51. The largest absolute Gasteiger partial charge is 0.481 e. The Morgan fingerprint density at radius 3 is 2.59 bits per heavy atom. The van der Waals surface area contributed by atoms with E-state index in [1.165, 1.54) is 0 Å². The van der Waals surface area contributed by atoms with Crippen LogP contribution in [0.2, 0.25) is 0 Å². The maximum absolute atomic E-state index is 13.2. The molecule has 0 spiro atoms. The molecule has 2 aliphatic heterocycles. The third-order valence-electron chi connectivity index (χ3n) is 4.97. The first kappa shape index (κ1) is 19.7. The minimum absolute atomic E-state index is 0.0157. The quantitative estimate of drug-likeness (QED) is 0.858. The van der Waals surface area contributed by atoms with Crippen molar-refractivity contribution in [1.29, 1.82) is 0 Å². The predicted molar refractivity (Wildman–Crippen MR) is 104 cm³/mol. The molecule has 2 amide bonds. The van der Waals surface area contributed by atoms with Crippen LogP contribution in [0.15, 0.2) is 24.3 Å². The molecule has 1 aromatic carbocycles. The van der Waals surface area contributed by atoms with Crippen LogP contribution in [0, 0.1) is 5.41 Å². The highest BCUT2D eigenvalue weighted by Gasteiger charge is 2.40. The van der Waals surface area contributed by atoms with Gasteiger partial charge >= 0.3 is 5.97 Å². The number of amides is 2. The fourth-order valence-corrected chi connectivity index (χ4v) is 4.82. The maximum atomic E-state index is 13.2. The summed E-state index contributed by atoms with van der Waals surface area (Å²) in [6, 6.07) is 6.87. The van der Waals surface area contributed by atoms with Gasteiger partial charge in [0.05, 0.1) is 11.8 Å². The Labute approximate surface area is 163 Å². The van der Waals surface area contributed by atoms with Gasteiger partial charge in [0.2, 0.25) is 11.8 Å². The molecule has 0 aliphatic carbocycles. The molecule has 0 radical (unpaired) electrons. The number of carbonyl (C=O) groups excluding carboxylic acids is 2. The molecule has 1 fully saturated rings. The van der Waals surface area contributed by atoms with Crippen molar-refractivity contribution in [3.63, 3.8) is 0 Å². The van der Waals surface area contributed by atoms with Gasteiger partial charge in [-0.3, -0.25) is 14.4 Å². The van der Waals surface area contributed by atoms with Crippen LogP contribution in [0.3, 0.4) is 0 Å². The van der Waals surface area contributed by atoms with E-state index < -0.39 is 17.9 Å². The minimum atomic E-state index is -0.929. The van der Waals surface area contributed by atoms with Crippen molar-refractivity contribution in [2.45, 2.75) is 45.7 Å². The van der Waals surface area contributed by atoms with E-state index in [0.29, 0.717) is 24.6 Å². The first-order chi connectivity index (χ1) is 12.7. The van der Waals surface area contributed by atoms with Gasteiger partial charge < -0.3 is 14.9 Å². The van der Waals surface area contributed by atoms with E-state index in [0.717, 1.165) is 11.1 Å². The average Bonchev–Trinajstić information content (AvgIpc) is 3.08. The number of fused-ring (bicyclic) bond motifs is 1. The summed E-state index contributed by atoms with van der Waals surface area (Å²) in [7, 11) is 0.